The predicted molar refractivity (Wildman–Crippen MR) is 110 cm³/mol. The minimum atomic E-state index is -0.332. The molecule has 3 heterocycles. The molecule has 0 spiro atoms. The monoisotopic (exact) mass is 403 g/mol. The Morgan fingerprint density at radius 3 is 2.76 bits per heavy atom. The Kier molecular flexibility index (Phi) is 5.21. The zero-order valence-electron chi connectivity index (χ0n) is 15.6. The van der Waals surface area contributed by atoms with Gasteiger partial charge in [0.2, 0.25) is 0 Å². The van der Waals surface area contributed by atoms with Crippen molar-refractivity contribution in [1.29, 1.82) is 0 Å². The summed E-state index contributed by atoms with van der Waals surface area (Å²) in [6, 6.07) is 13.5. The topological polar surface area (TPSA) is 98.5 Å². The Labute approximate surface area is 171 Å². The van der Waals surface area contributed by atoms with Crippen LogP contribution in [-0.4, -0.2) is 36.1 Å². The highest BCUT2D eigenvalue weighted by atomic mass is 32.1. The van der Waals surface area contributed by atoms with E-state index in [-0.39, 0.29) is 18.1 Å². The molecule has 4 aromatic rings. The van der Waals surface area contributed by atoms with Crippen molar-refractivity contribution in [3.8, 4) is 16.3 Å². The number of aromatic nitrogens is 6. The number of nitrogens with zero attached hydrogens (tertiary/aromatic N) is 6. The van der Waals surface area contributed by atoms with Crippen molar-refractivity contribution in [1.82, 2.24) is 35.5 Å². The van der Waals surface area contributed by atoms with Gasteiger partial charge in [0, 0.05) is 5.56 Å². The van der Waals surface area contributed by atoms with Crippen LogP contribution in [0.4, 0.5) is 0 Å². The lowest BCUT2D eigenvalue weighted by Crippen LogP contribution is -2.23. The van der Waals surface area contributed by atoms with E-state index in [2.05, 4.69) is 37.4 Å². The van der Waals surface area contributed by atoms with Crippen molar-refractivity contribution in [2.45, 2.75) is 13.5 Å². The highest BCUT2D eigenvalue weighted by Gasteiger charge is 2.14. The number of nitrogens with one attached hydrogen (secondary N) is 1. The van der Waals surface area contributed by atoms with Crippen LogP contribution in [0.5, 0.6) is 0 Å². The number of aryl methyl sites for hydroxylation is 1. The number of carbonyl (C=O) groups is 1. The van der Waals surface area contributed by atoms with Gasteiger partial charge in [-0.2, -0.15) is 0 Å². The summed E-state index contributed by atoms with van der Waals surface area (Å²) in [4.78, 5) is 16.8. The van der Waals surface area contributed by atoms with Gasteiger partial charge in [-0.05, 0) is 25.1 Å². The highest BCUT2D eigenvalue weighted by Crippen LogP contribution is 2.22. The summed E-state index contributed by atoms with van der Waals surface area (Å²) in [6.45, 7) is 5.84. The number of benzene rings is 1. The molecule has 0 radical (unpaired) electrons. The zero-order valence-corrected chi connectivity index (χ0v) is 16.4. The smallest absolute Gasteiger partial charge is 0.273 e. The molecule has 0 aliphatic carbocycles. The van der Waals surface area contributed by atoms with Crippen LogP contribution in [0, 0.1) is 6.92 Å². The molecule has 1 amide bonds. The molecule has 0 fully saturated rings. The van der Waals surface area contributed by atoms with Crippen LogP contribution < -0.4 is 5.32 Å². The van der Waals surface area contributed by atoms with Gasteiger partial charge in [0.1, 0.15) is 10.0 Å². The van der Waals surface area contributed by atoms with Gasteiger partial charge < -0.3 is 5.32 Å². The van der Waals surface area contributed by atoms with Crippen LogP contribution in [0.3, 0.4) is 0 Å². The lowest BCUT2D eigenvalue weighted by atomic mass is 10.2. The second kappa shape index (κ2) is 8.11. The third-order valence-electron chi connectivity index (χ3n) is 4.15. The molecule has 0 aliphatic heterocycles. The maximum Gasteiger partial charge on any atom is 0.273 e. The van der Waals surface area contributed by atoms with Crippen LogP contribution in [0.2, 0.25) is 0 Å². The van der Waals surface area contributed by atoms with Crippen molar-refractivity contribution in [3.05, 3.63) is 77.3 Å². The summed E-state index contributed by atoms with van der Waals surface area (Å²) >= 11 is 1.44. The maximum absolute atomic E-state index is 12.4. The summed E-state index contributed by atoms with van der Waals surface area (Å²) in [5.74, 6) is -0.332. The number of pyridine rings is 1. The second-order valence-electron chi connectivity index (χ2n) is 6.14. The molecule has 8 nitrogen and oxygen atoms in total. The third kappa shape index (κ3) is 4.09. The molecule has 0 unspecified atom stereocenters. The van der Waals surface area contributed by atoms with Gasteiger partial charge >= 0.3 is 0 Å². The van der Waals surface area contributed by atoms with Gasteiger partial charge in [0.25, 0.3) is 5.91 Å². The summed E-state index contributed by atoms with van der Waals surface area (Å²) in [6.07, 6.45) is 3.25. The first kappa shape index (κ1) is 18.6. The van der Waals surface area contributed by atoms with E-state index in [1.807, 2.05) is 49.4 Å². The Balaban J connectivity index is 1.42. The predicted octanol–water partition coefficient (Wildman–Crippen LogP) is 3.06. The van der Waals surface area contributed by atoms with Crippen molar-refractivity contribution < 1.29 is 4.79 Å². The minimum Gasteiger partial charge on any atom is -0.344 e. The summed E-state index contributed by atoms with van der Waals surface area (Å²) in [5.41, 5.74) is 3.50. The van der Waals surface area contributed by atoms with Gasteiger partial charge in [-0.15, -0.1) is 15.3 Å². The fourth-order valence-electron chi connectivity index (χ4n) is 2.68. The van der Waals surface area contributed by atoms with E-state index >= 15 is 0 Å². The highest BCUT2D eigenvalue weighted by molar-refractivity contribution is 7.14. The molecular weight excluding hydrogens is 386 g/mol. The first-order chi connectivity index (χ1) is 14.1. The number of carbonyl (C=O) groups excluding carboxylic acids is 1. The van der Waals surface area contributed by atoms with Gasteiger partial charge in [-0.3, -0.25) is 9.78 Å². The molecule has 0 bridgehead atoms. The normalized spacial score (nSPS) is 10.7. The Morgan fingerprint density at radius 2 is 2.00 bits per heavy atom. The fraction of sp³-hybridized carbons (Fsp3) is 0.100. The van der Waals surface area contributed by atoms with E-state index in [4.69, 9.17) is 0 Å². The van der Waals surface area contributed by atoms with Crippen molar-refractivity contribution in [3.63, 3.8) is 0 Å². The number of amides is 1. The first-order valence-electron chi connectivity index (χ1n) is 8.83. The van der Waals surface area contributed by atoms with E-state index < -0.39 is 0 Å². The molecule has 4 rings (SSSR count). The molecule has 0 saturated heterocycles. The molecule has 0 aliphatic rings. The maximum atomic E-state index is 12.4. The molecule has 1 N–H and O–H groups in total. The van der Waals surface area contributed by atoms with Gasteiger partial charge in [-0.25, -0.2) is 4.68 Å². The molecule has 9 heteroatoms. The Bertz CT molecular complexity index is 1170. The molecule has 29 heavy (non-hydrogen) atoms. The fourth-order valence-corrected chi connectivity index (χ4v) is 3.47. The van der Waals surface area contributed by atoms with Crippen molar-refractivity contribution >= 4 is 23.3 Å². The number of hydrogen-bond acceptors (Lipinski definition) is 7. The quantitative estimate of drug-likeness (QED) is 0.531. The molecule has 1 aromatic carbocycles. The standard InChI is InChI=1S/C20H17N7OS/c1-3-15-9-10-17(13(2)22-15)27-12-16(23-26-27)19(28)21-11-18-24-25-20(29-18)14-7-5-4-6-8-14/h3-10,12H,1,11H2,2H3,(H,21,28). The van der Waals surface area contributed by atoms with Gasteiger partial charge in [0.15, 0.2) is 5.69 Å². The lowest BCUT2D eigenvalue weighted by Gasteiger charge is -2.04. The molecule has 3 aromatic heterocycles. The van der Waals surface area contributed by atoms with E-state index in [1.54, 1.807) is 12.3 Å². The van der Waals surface area contributed by atoms with E-state index in [9.17, 15) is 4.79 Å². The van der Waals surface area contributed by atoms with Crippen LogP contribution in [0.1, 0.15) is 26.9 Å². The lowest BCUT2D eigenvalue weighted by molar-refractivity contribution is 0.0945. The Hall–Kier alpha value is -3.72. The largest absolute Gasteiger partial charge is 0.344 e. The molecule has 144 valence electrons. The first-order valence-corrected chi connectivity index (χ1v) is 9.64. The zero-order chi connectivity index (χ0) is 20.2. The van der Waals surface area contributed by atoms with E-state index in [0.717, 1.165) is 27.6 Å². The van der Waals surface area contributed by atoms with Crippen molar-refractivity contribution in [2.75, 3.05) is 0 Å². The minimum absolute atomic E-state index is 0.213. The number of hydrogen-bond donors (Lipinski definition) is 1. The van der Waals surface area contributed by atoms with Gasteiger partial charge in [-0.1, -0.05) is 53.5 Å². The molecular formula is C20H17N7OS. The van der Waals surface area contributed by atoms with E-state index in [1.165, 1.54) is 16.0 Å². The molecule has 0 saturated carbocycles. The molecule has 0 atom stereocenters. The average molecular weight is 403 g/mol. The Morgan fingerprint density at radius 1 is 1.17 bits per heavy atom. The van der Waals surface area contributed by atoms with Crippen molar-refractivity contribution in [2.24, 2.45) is 0 Å². The van der Waals surface area contributed by atoms with Crippen LogP contribution >= 0.6 is 11.3 Å². The van der Waals surface area contributed by atoms with E-state index in [0.29, 0.717) is 5.01 Å². The second-order valence-corrected chi connectivity index (χ2v) is 7.20. The van der Waals surface area contributed by atoms with Crippen LogP contribution in [0.25, 0.3) is 22.3 Å². The third-order valence-corrected chi connectivity index (χ3v) is 5.12. The van der Waals surface area contributed by atoms with Crippen LogP contribution in [0.15, 0.2) is 55.2 Å². The van der Waals surface area contributed by atoms with Crippen LogP contribution in [-0.2, 0) is 6.54 Å². The van der Waals surface area contributed by atoms with Gasteiger partial charge in [0.05, 0.1) is 29.8 Å². The summed E-state index contributed by atoms with van der Waals surface area (Å²) in [7, 11) is 0. The average Bonchev–Trinajstić information content (AvgIpc) is 3.42. The summed E-state index contributed by atoms with van der Waals surface area (Å²) in [5, 5.41) is 20.6. The SMILES string of the molecule is C=Cc1ccc(-n2cc(C(=O)NCc3nnc(-c4ccccc4)s3)nn2)c(C)n1. The summed E-state index contributed by atoms with van der Waals surface area (Å²) < 4.78 is 1.53. The number of rotatable bonds is 6.